The minimum atomic E-state index is -0.496. The second-order valence-electron chi connectivity index (χ2n) is 4.83. The van der Waals surface area contributed by atoms with Gasteiger partial charge in [0.15, 0.2) is 11.5 Å². The minimum absolute atomic E-state index is 0.0514. The molecule has 0 aliphatic rings. The standard InChI is InChI=1S/C17H19NO6/c1-11-7-13(18-24-11)10-23-16(19)6-5-12-8-14(20-2)17(22-4)15(9-12)21-3/h5-9H,10H2,1-4H3/b6-5+. The summed E-state index contributed by atoms with van der Waals surface area (Å²) in [6.07, 6.45) is 2.91. The zero-order valence-electron chi connectivity index (χ0n) is 14.0. The zero-order valence-corrected chi connectivity index (χ0v) is 14.0. The van der Waals surface area contributed by atoms with Crippen molar-refractivity contribution in [2.24, 2.45) is 0 Å². The number of esters is 1. The highest BCUT2D eigenvalue weighted by Gasteiger charge is 2.12. The lowest BCUT2D eigenvalue weighted by Gasteiger charge is -2.12. The van der Waals surface area contributed by atoms with Crippen LogP contribution in [0.15, 0.2) is 28.8 Å². The molecule has 2 aromatic rings. The fourth-order valence-electron chi connectivity index (χ4n) is 2.04. The van der Waals surface area contributed by atoms with E-state index in [1.807, 2.05) is 0 Å². The van der Waals surface area contributed by atoms with Crippen molar-refractivity contribution in [3.05, 3.63) is 41.3 Å². The van der Waals surface area contributed by atoms with E-state index >= 15 is 0 Å². The first kappa shape index (κ1) is 17.4. The summed E-state index contributed by atoms with van der Waals surface area (Å²) < 4.78 is 25.8. The van der Waals surface area contributed by atoms with Gasteiger partial charge in [0.2, 0.25) is 5.75 Å². The molecule has 0 fully saturated rings. The number of methoxy groups -OCH3 is 3. The summed E-state index contributed by atoms with van der Waals surface area (Å²) in [5.74, 6) is 1.66. The largest absolute Gasteiger partial charge is 0.493 e. The van der Waals surface area contributed by atoms with E-state index in [4.69, 9.17) is 23.5 Å². The molecule has 0 amide bonds. The fraction of sp³-hybridized carbons (Fsp3) is 0.294. The third-order valence-electron chi connectivity index (χ3n) is 3.14. The van der Waals surface area contributed by atoms with Gasteiger partial charge in [-0.05, 0) is 30.7 Å². The van der Waals surface area contributed by atoms with Crippen molar-refractivity contribution in [1.29, 1.82) is 0 Å². The maximum Gasteiger partial charge on any atom is 0.331 e. The van der Waals surface area contributed by atoms with Gasteiger partial charge in [0, 0.05) is 12.1 Å². The second-order valence-corrected chi connectivity index (χ2v) is 4.83. The SMILES string of the molecule is COc1cc(/C=C/C(=O)OCc2cc(C)on2)cc(OC)c1OC. The van der Waals surface area contributed by atoms with Gasteiger partial charge in [-0.1, -0.05) is 5.16 Å². The lowest BCUT2D eigenvalue weighted by atomic mass is 10.1. The number of benzene rings is 1. The van der Waals surface area contributed by atoms with Crippen molar-refractivity contribution in [3.8, 4) is 17.2 Å². The third kappa shape index (κ3) is 4.28. The molecule has 1 aromatic carbocycles. The molecule has 0 spiro atoms. The maximum atomic E-state index is 11.8. The van der Waals surface area contributed by atoms with Crippen molar-refractivity contribution in [1.82, 2.24) is 5.16 Å². The Morgan fingerprint density at radius 1 is 1.12 bits per heavy atom. The summed E-state index contributed by atoms with van der Waals surface area (Å²) in [6, 6.07) is 5.16. The zero-order chi connectivity index (χ0) is 17.5. The minimum Gasteiger partial charge on any atom is -0.493 e. The molecule has 2 rings (SSSR count). The van der Waals surface area contributed by atoms with Crippen molar-refractivity contribution >= 4 is 12.0 Å². The normalized spacial score (nSPS) is 10.7. The van der Waals surface area contributed by atoms with E-state index in [0.717, 1.165) is 0 Å². The molecule has 7 nitrogen and oxygen atoms in total. The van der Waals surface area contributed by atoms with Gasteiger partial charge in [-0.15, -0.1) is 0 Å². The number of carbonyl (C=O) groups is 1. The van der Waals surface area contributed by atoms with E-state index in [-0.39, 0.29) is 6.61 Å². The van der Waals surface area contributed by atoms with Crippen LogP contribution in [-0.2, 0) is 16.1 Å². The number of nitrogens with zero attached hydrogens (tertiary/aromatic N) is 1. The molecule has 0 aliphatic heterocycles. The number of hydrogen-bond donors (Lipinski definition) is 0. The number of hydrogen-bond acceptors (Lipinski definition) is 7. The number of aromatic nitrogens is 1. The predicted octanol–water partition coefficient (Wildman–Crippen LogP) is 2.77. The van der Waals surface area contributed by atoms with Gasteiger partial charge >= 0.3 is 5.97 Å². The van der Waals surface area contributed by atoms with E-state index < -0.39 is 5.97 Å². The van der Waals surface area contributed by atoms with Crippen LogP contribution in [-0.4, -0.2) is 32.5 Å². The Labute approximate surface area is 139 Å². The molecule has 0 aliphatic carbocycles. The molecule has 7 heteroatoms. The lowest BCUT2D eigenvalue weighted by molar-refractivity contribution is -0.139. The summed E-state index contributed by atoms with van der Waals surface area (Å²) in [7, 11) is 4.58. The topological polar surface area (TPSA) is 80.0 Å². The van der Waals surface area contributed by atoms with Crippen LogP contribution >= 0.6 is 0 Å². The van der Waals surface area contributed by atoms with Crippen LogP contribution in [0.25, 0.3) is 6.08 Å². The van der Waals surface area contributed by atoms with E-state index in [9.17, 15) is 4.79 Å². The third-order valence-corrected chi connectivity index (χ3v) is 3.14. The predicted molar refractivity (Wildman–Crippen MR) is 86.2 cm³/mol. The van der Waals surface area contributed by atoms with Crippen LogP contribution < -0.4 is 14.2 Å². The molecule has 0 unspecified atom stereocenters. The average molecular weight is 333 g/mol. The molecule has 24 heavy (non-hydrogen) atoms. The van der Waals surface area contributed by atoms with Gasteiger partial charge in [-0.3, -0.25) is 0 Å². The number of carbonyl (C=O) groups excluding carboxylic acids is 1. The average Bonchev–Trinajstić information content (AvgIpc) is 3.02. The van der Waals surface area contributed by atoms with Crippen molar-refractivity contribution < 1.29 is 28.3 Å². The van der Waals surface area contributed by atoms with Crippen LogP contribution in [0.1, 0.15) is 17.0 Å². The molecular formula is C17H19NO6. The molecule has 128 valence electrons. The molecule has 0 N–H and O–H groups in total. The Balaban J connectivity index is 2.06. The van der Waals surface area contributed by atoms with Gasteiger partial charge in [0.05, 0.1) is 21.3 Å². The van der Waals surface area contributed by atoms with Gasteiger partial charge in [-0.25, -0.2) is 4.79 Å². The molecule has 0 saturated heterocycles. The fourth-order valence-corrected chi connectivity index (χ4v) is 2.04. The Morgan fingerprint density at radius 2 is 1.79 bits per heavy atom. The van der Waals surface area contributed by atoms with Crippen LogP contribution in [0.5, 0.6) is 17.2 Å². The molecular weight excluding hydrogens is 314 g/mol. The maximum absolute atomic E-state index is 11.8. The summed E-state index contributed by atoms with van der Waals surface area (Å²) >= 11 is 0. The smallest absolute Gasteiger partial charge is 0.331 e. The van der Waals surface area contributed by atoms with Crippen LogP contribution in [0.4, 0.5) is 0 Å². The highest BCUT2D eigenvalue weighted by Crippen LogP contribution is 2.38. The quantitative estimate of drug-likeness (QED) is 0.569. The van der Waals surface area contributed by atoms with Crippen LogP contribution in [0, 0.1) is 6.92 Å². The van der Waals surface area contributed by atoms with Crippen LogP contribution in [0.3, 0.4) is 0 Å². The molecule has 0 atom stereocenters. The highest BCUT2D eigenvalue weighted by molar-refractivity contribution is 5.87. The first-order valence-corrected chi connectivity index (χ1v) is 7.14. The van der Waals surface area contributed by atoms with Gasteiger partial charge < -0.3 is 23.5 Å². The second kappa shape index (κ2) is 8.05. The Morgan fingerprint density at radius 3 is 2.29 bits per heavy atom. The summed E-state index contributed by atoms with van der Waals surface area (Å²) in [5.41, 5.74) is 1.26. The Bertz CT molecular complexity index is 709. The summed E-state index contributed by atoms with van der Waals surface area (Å²) in [5, 5.41) is 3.75. The van der Waals surface area contributed by atoms with E-state index in [1.54, 1.807) is 31.2 Å². The molecule has 1 heterocycles. The first-order chi connectivity index (χ1) is 11.6. The van der Waals surface area contributed by atoms with Crippen LogP contribution in [0.2, 0.25) is 0 Å². The van der Waals surface area contributed by atoms with Crippen molar-refractivity contribution in [3.63, 3.8) is 0 Å². The summed E-state index contributed by atoms with van der Waals surface area (Å²) in [4.78, 5) is 11.8. The highest BCUT2D eigenvalue weighted by atomic mass is 16.5. The molecule has 1 aromatic heterocycles. The molecule has 0 radical (unpaired) electrons. The first-order valence-electron chi connectivity index (χ1n) is 7.14. The van der Waals surface area contributed by atoms with Crippen molar-refractivity contribution in [2.75, 3.05) is 21.3 Å². The summed E-state index contributed by atoms with van der Waals surface area (Å²) in [6.45, 7) is 1.82. The number of ether oxygens (including phenoxy) is 4. The van der Waals surface area contributed by atoms with Gasteiger partial charge in [0.1, 0.15) is 18.1 Å². The van der Waals surface area contributed by atoms with E-state index in [1.165, 1.54) is 27.4 Å². The van der Waals surface area contributed by atoms with Crippen molar-refractivity contribution in [2.45, 2.75) is 13.5 Å². The van der Waals surface area contributed by atoms with E-state index in [0.29, 0.717) is 34.3 Å². The molecule has 0 saturated carbocycles. The van der Waals surface area contributed by atoms with Gasteiger partial charge in [0.25, 0.3) is 0 Å². The Kier molecular flexibility index (Phi) is 5.83. The monoisotopic (exact) mass is 333 g/mol. The van der Waals surface area contributed by atoms with E-state index in [2.05, 4.69) is 5.16 Å². The van der Waals surface area contributed by atoms with Gasteiger partial charge in [-0.2, -0.15) is 0 Å². The number of rotatable bonds is 7. The lowest BCUT2D eigenvalue weighted by Crippen LogP contribution is -2.01. The number of aryl methyl sites for hydroxylation is 1. The Hall–Kier alpha value is -2.96. The molecule has 0 bridgehead atoms.